The normalized spacial score (nSPS) is 10.6. The zero-order chi connectivity index (χ0) is 23.0. The molecule has 0 atom stereocenters. The quantitative estimate of drug-likeness (QED) is 0.325. The number of carbonyl (C=O) groups excluding carboxylic acids is 2. The number of aromatic nitrogens is 1. The Bertz CT molecular complexity index is 1220. The summed E-state index contributed by atoms with van der Waals surface area (Å²) in [6.45, 7) is 0.420. The fourth-order valence-corrected chi connectivity index (χ4v) is 4.19. The van der Waals surface area contributed by atoms with Crippen molar-refractivity contribution in [2.45, 2.75) is 19.4 Å². The highest BCUT2D eigenvalue weighted by Crippen LogP contribution is 2.28. The van der Waals surface area contributed by atoms with Gasteiger partial charge in [0.15, 0.2) is 5.78 Å². The molecule has 1 heterocycles. The summed E-state index contributed by atoms with van der Waals surface area (Å²) < 4.78 is 5.09. The van der Waals surface area contributed by atoms with E-state index >= 15 is 0 Å². The van der Waals surface area contributed by atoms with Crippen molar-refractivity contribution in [3.8, 4) is 27.6 Å². The Kier molecular flexibility index (Phi) is 7.27. The molecule has 1 amide bonds. The third kappa shape index (κ3) is 5.93. The summed E-state index contributed by atoms with van der Waals surface area (Å²) in [7, 11) is 1.58. The summed E-state index contributed by atoms with van der Waals surface area (Å²) in [4.78, 5) is 29.2. The van der Waals surface area contributed by atoms with Crippen LogP contribution in [0.5, 0.6) is 5.75 Å². The van der Waals surface area contributed by atoms with Crippen molar-refractivity contribution in [2.24, 2.45) is 0 Å². The fourth-order valence-electron chi connectivity index (χ4n) is 3.35. The Morgan fingerprint density at radius 1 is 0.879 bits per heavy atom. The van der Waals surface area contributed by atoms with E-state index in [1.807, 2.05) is 42.5 Å². The van der Waals surface area contributed by atoms with Crippen LogP contribution in [0.25, 0.3) is 21.8 Å². The Morgan fingerprint density at radius 3 is 2.30 bits per heavy atom. The Morgan fingerprint density at radius 2 is 1.61 bits per heavy atom. The van der Waals surface area contributed by atoms with Crippen molar-refractivity contribution in [3.63, 3.8) is 0 Å². The molecule has 0 fully saturated rings. The number of hydrogen-bond donors (Lipinski definition) is 1. The third-order valence-corrected chi connectivity index (χ3v) is 6.15. The van der Waals surface area contributed by atoms with Gasteiger partial charge < -0.3 is 10.1 Å². The second-order valence-corrected chi connectivity index (χ2v) is 8.39. The molecule has 166 valence electrons. The van der Waals surface area contributed by atoms with Crippen LogP contribution in [0.1, 0.15) is 28.8 Å². The van der Waals surface area contributed by atoms with Gasteiger partial charge in [-0.15, -0.1) is 11.3 Å². The SMILES string of the molecule is COc1ccc(C(=O)CCC(=O)NCc2ccc(-c3nc(-c4ccccc4)cs3)cc2)cc1. The Hall–Kier alpha value is -3.77. The molecule has 5 nitrogen and oxygen atoms in total. The van der Waals surface area contributed by atoms with E-state index < -0.39 is 0 Å². The molecule has 0 saturated heterocycles. The van der Waals surface area contributed by atoms with Crippen molar-refractivity contribution in [1.29, 1.82) is 0 Å². The van der Waals surface area contributed by atoms with Crippen LogP contribution < -0.4 is 10.1 Å². The summed E-state index contributed by atoms with van der Waals surface area (Å²) >= 11 is 1.61. The van der Waals surface area contributed by atoms with Gasteiger partial charge in [-0.25, -0.2) is 4.98 Å². The van der Waals surface area contributed by atoms with Crippen molar-refractivity contribution < 1.29 is 14.3 Å². The highest BCUT2D eigenvalue weighted by Gasteiger charge is 2.10. The average molecular weight is 457 g/mol. The Labute approximate surface area is 197 Å². The number of amides is 1. The number of ether oxygens (including phenoxy) is 1. The zero-order valence-corrected chi connectivity index (χ0v) is 19.1. The van der Waals surface area contributed by atoms with Crippen LogP contribution in [-0.4, -0.2) is 23.8 Å². The van der Waals surface area contributed by atoms with Gasteiger partial charge in [-0.1, -0.05) is 54.6 Å². The van der Waals surface area contributed by atoms with E-state index in [-0.39, 0.29) is 24.5 Å². The fraction of sp³-hybridized carbons (Fsp3) is 0.148. The molecule has 3 aromatic carbocycles. The molecule has 4 rings (SSSR count). The van der Waals surface area contributed by atoms with Crippen LogP contribution in [0.15, 0.2) is 84.2 Å². The Balaban J connectivity index is 1.26. The van der Waals surface area contributed by atoms with Crippen molar-refractivity contribution >= 4 is 23.0 Å². The number of methoxy groups -OCH3 is 1. The molecule has 1 N–H and O–H groups in total. The summed E-state index contributed by atoms with van der Waals surface area (Å²) in [5.41, 5.74) is 4.69. The minimum Gasteiger partial charge on any atom is -0.497 e. The van der Waals surface area contributed by atoms with E-state index in [0.29, 0.717) is 17.9 Å². The van der Waals surface area contributed by atoms with Gasteiger partial charge in [-0.05, 0) is 29.8 Å². The van der Waals surface area contributed by atoms with Crippen LogP contribution in [0.4, 0.5) is 0 Å². The lowest BCUT2D eigenvalue weighted by Crippen LogP contribution is -2.23. The number of ketones is 1. The van der Waals surface area contributed by atoms with Crippen LogP contribution in [0, 0.1) is 0 Å². The van der Waals surface area contributed by atoms with Crippen LogP contribution in [0.2, 0.25) is 0 Å². The van der Waals surface area contributed by atoms with E-state index in [4.69, 9.17) is 9.72 Å². The number of Topliss-reactive ketones (excluding diaryl/α,β-unsaturated/α-hetero) is 1. The average Bonchev–Trinajstić information content (AvgIpc) is 3.37. The zero-order valence-electron chi connectivity index (χ0n) is 18.3. The molecule has 33 heavy (non-hydrogen) atoms. The molecule has 0 bridgehead atoms. The monoisotopic (exact) mass is 456 g/mol. The summed E-state index contributed by atoms with van der Waals surface area (Å²) in [6.07, 6.45) is 0.329. The first-order valence-electron chi connectivity index (χ1n) is 10.7. The minimum absolute atomic E-state index is 0.0597. The molecular weight excluding hydrogens is 432 g/mol. The van der Waals surface area contributed by atoms with Crippen molar-refractivity contribution in [1.82, 2.24) is 10.3 Å². The maximum atomic E-state index is 12.3. The van der Waals surface area contributed by atoms with Gasteiger partial charge in [0, 0.05) is 41.5 Å². The summed E-state index contributed by atoms with van der Waals surface area (Å²) in [5.74, 6) is 0.491. The number of benzene rings is 3. The lowest BCUT2D eigenvalue weighted by molar-refractivity contribution is -0.121. The third-order valence-electron chi connectivity index (χ3n) is 5.26. The van der Waals surface area contributed by atoms with Gasteiger partial charge in [0.25, 0.3) is 0 Å². The highest BCUT2D eigenvalue weighted by molar-refractivity contribution is 7.13. The number of carbonyl (C=O) groups is 2. The number of rotatable bonds is 9. The number of thiazole rings is 1. The molecule has 0 aliphatic heterocycles. The molecule has 1 aromatic heterocycles. The predicted octanol–water partition coefficient (Wildman–Crippen LogP) is 5.77. The lowest BCUT2D eigenvalue weighted by atomic mass is 10.1. The van der Waals surface area contributed by atoms with Gasteiger partial charge in [0.05, 0.1) is 12.8 Å². The first-order chi connectivity index (χ1) is 16.1. The second kappa shape index (κ2) is 10.7. The largest absolute Gasteiger partial charge is 0.497 e. The van der Waals surface area contributed by atoms with Gasteiger partial charge in [-0.3, -0.25) is 9.59 Å². The molecule has 0 saturated carbocycles. The van der Waals surface area contributed by atoms with Gasteiger partial charge in [0.1, 0.15) is 10.8 Å². The first-order valence-corrected chi connectivity index (χ1v) is 11.5. The maximum absolute atomic E-state index is 12.3. The van der Waals surface area contributed by atoms with Gasteiger partial charge >= 0.3 is 0 Å². The topological polar surface area (TPSA) is 68.3 Å². The smallest absolute Gasteiger partial charge is 0.220 e. The molecule has 6 heteroatoms. The highest BCUT2D eigenvalue weighted by atomic mass is 32.1. The van der Waals surface area contributed by atoms with Crippen LogP contribution in [0.3, 0.4) is 0 Å². The summed E-state index contributed by atoms with van der Waals surface area (Å²) in [6, 6.07) is 25.0. The van der Waals surface area contributed by atoms with Crippen molar-refractivity contribution in [3.05, 3.63) is 95.4 Å². The molecule has 0 unspecified atom stereocenters. The molecule has 0 radical (unpaired) electrons. The van der Waals surface area contributed by atoms with Crippen molar-refractivity contribution in [2.75, 3.05) is 7.11 Å². The first kappa shape index (κ1) is 22.4. The van der Waals surface area contributed by atoms with Crippen LogP contribution >= 0.6 is 11.3 Å². The van der Waals surface area contributed by atoms with E-state index in [9.17, 15) is 9.59 Å². The number of nitrogens with one attached hydrogen (secondary N) is 1. The lowest BCUT2D eigenvalue weighted by Gasteiger charge is -2.06. The summed E-state index contributed by atoms with van der Waals surface area (Å²) in [5, 5.41) is 5.91. The second-order valence-electron chi connectivity index (χ2n) is 7.53. The maximum Gasteiger partial charge on any atom is 0.220 e. The van der Waals surface area contributed by atoms with E-state index in [2.05, 4.69) is 22.8 Å². The van der Waals surface area contributed by atoms with E-state index in [0.717, 1.165) is 27.4 Å². The molecule has 0 aliphatic carbocycles. The van der Waals surface area contributed by atoms with Gasteiger partial charge in [0.2, 0.25) is 5.91 Å². The standard InChI is InChI=1S/C27H24N2O3S/c1-32-23-13-11-21(12-14-23)25(30)15-16-26(31)28-17-19-7-9-22(10-8-19)27-29-24(18-33-27)20-5-3-2-4-6-20/h2-14,18H,15-17H2,1H3,(H,28,31). The minimum atomic E-state index is -0.145. The predicted molar refractivity (Wildman–Crippen MR) is 131 cm³/mol. The van der Waals surface area contributed by atoms with E-state index in [1.165, 1.54) is 0 Å². The molecule has 0 spiro atoms. The van der Waals surface area contributed by atoms with Gasteiger partial charge in [-0.2, -0.15) is 0 Å². The number of hydrogen-bond acceptors (Lipinski definition) is 5. The molecule has 4 aromatic rings. The molecule has 0 aliphatic rings. The van der Waals surface area contributed by atoms with Crippen LogP contribution in [-0.2, 0) is 11.3 Å². The van der Waals surface area contributed by atoms with E-state index in [1.54, 1.807) is 42.7 Å². The number of nitrogens with zero attached hydrogens (tertiary/aromatic N) is 1. The molecular formula is C27H24N2O3S.